The fourth-order valence-corrected chi connectivity index (χ4v) is 3.67. The van der Waals surface area contributed by atoms with Crippen LogP contribution in [0, 0.1) is 0 Å². The highest BCUT2D eigenvalue weighted by Crippen LogP contribution is 2.30. The van der Waals surface area contributed by atoms with Gasteiger partial charge in [0.1, 0.15) is 19.3 Å². The standard InChI is InChI=1S/C23H26N4O4/c1-16(28)25-18-6-8-19(9-7-18)26-23(29)20-4-2-3-11-27(20)24-15-17-5-10-21-22(14-17)31-13-12-30-21/h5-10,14-15,20H,2-4,11-13H2,1H3,(H,25,28)(H,26,29)/b24-15+. The maximum atomic E-state index is 12.9. The minimum absolute atomic E-state index is 0.0914. The van der Waals surface area contributed by atoms with Crippen LogP contribution in [0.25, 0.3) is 0 Å². The van der Waals surface area contributed by atoms with Gasteiger partial charge in [0.15, 0.2) is 11.5 Å². The van der Waals surface area contributed by atoms with Crippen molar-refractivity contribution in [2.45, 2.75) is 32.2 Å². The molecule has 2 aliphatic heterocycles. The van der Waals surface area contributed by atoms with E-state index in [0.717, 1.165) is 37.1 Å². The molecule has 0 aliphatic carbocycles. The van der Waals surface area contributed by atoms with E-state index in [9.17, 15) is 9.59 Å². The van der Waals surface area contributed by atoms with Crippen LogP contribution in [0.3, 0.4) is 0 Å². The molecule has 0 saturated carbocycles. The third-order valence-electron chi connectivity index (χ3n) is 5.17. The summed E-state index contributed by atoms with van der Waals surface area (Å²) in [5, 5.41) is 12.1. The number of benzene rings is 2. The van der Waals surface area contributed by atoms with Crippen LogP contribution in [-0.4, -0.2) is 48.8 Å². The van der Waals surface area contributed by atoms with E-state index in [2.05, 4.69) is 15.7 Å². The molecule has 2 amide bonds. The number of carbonyl (C=O) groups is 2. The van der Waals surface area contributed by atoms with Gasteiger partial charge in [-0.05, 0) is 67.3 Å². The van der Waals surface area contributed by atoms with Gasteiger partial charge in [0, 0.05) is 24.8 Å². The molecule has 1 unspecified atom stereocenters. The van der Waals surface area contributed by atoms with Crippen molar-refractivity contribution in [2.24, 2.45) is 5.10 Å². The van der Waals surface area contributed by atoms with Crippen LogP contribution in [0.4, 0.5) is 11.4 Å². The van der Waals surface area contributed by atoms with Crippen LogP contribution in [-0.2, 0) is 9.59 Å². The van der Waals surface area contributed by atoms with Crippen molar-refractivity contribution in [1.82, 2.24) is 5.01 Å². The zero-order valence-corrected chi connectivity index (χ0v) is 17.5. The number of carbonyl (C=O) groups excluding carboxylic acids is 2. The average Bonchev–Trinajstić information content (AvgIpc) is 2.78. The fourth-order valence-electron chi connectivity index (χ4n) is 3.67. The van der Waals surface area contributed by atoms with Gasteiger partial charge in [0.05, 0.1) is 6.21 Å². The minimum Gasteiger partial charge on any atom is -0.486 e. The van der Waals surface area contributed by atoms with E-state index >= 15 is 0 Å². The zero-order chi connectivity index (χ0) is 21.6. The maximum absolute atomic E-state index is 12.9. The molecule has 0 spiro atoms. The van der Waals surface area contributed by atoms with Crippen LogP contribution in [0.5, 0.6) is 11.5 Å². The van der Waals surface area contributed by atoms with E-state index in [-0.39, 0.29) is 17.9 Å². The van der Waals surface area contributed by atoms with E-state index in [0.29, 0.717) is 30.3 Å². The number of nitrogens with one attached hydrogen (secondary N) is 2. The number of hydrogen-bond donors (Lipinski definition) is 2. The lowest BCUT2D eigenvalue weighted by Gasteiger charge is -2.32. The Morgan fingerprint density at radius 1 is 1.00 bits per heavy atom. The molecule has 8 heteroatoms. The second kappa shape index (κ2) is 9.51. The summed E-state index contributed by atoms with van der Waals surface area (Å²) in [6.07, 6.45) is 4.48. The van der Waals surface area contributed by atoms with Crippen molar-refractivity contribution in [3.05, 3.63) is 48.0 Å². The van der Waals surface area contributed by atoms with Crippen LogP contribution in [0.15, 0.2) is 47.6 Å². The van der Waals surface area contributed by atoms with Gasteiger partial charge in [0.2, 0.25) is 11.8 Å². The largest absolute Gasteiger partial charge is 0.486 e. The number of rotatable bonds is 5. The number of piperidine rings is 1. The highest BCUT2D eigenvalue weighted by Gasteiger charge is 2.28. The van der Waals surface area contributed by atoms with Gasteiger partial charge in [-0.25, -0.2) is 0 Å². The molecule has 4 rings (SSSR count). The predicted molar refractivity (Wildman–Crippen MR) is 119 cm³/mol. The Bertz CT molecular complexity index is 974. The number of hydrogen-bond acceptors (Lipinski definition) is 6. The molecule has 1 fully saturated rings. The Kier molecular flexibility index (Phi) is 6.35. The molecule has 1 atom stereocenters. The van der Waals surface area contributed by atoms with Crippen LogP contribution in [0.1, 0.15) is 31.7 Å². The van der Waals surface area contributed by atoms with E-state index in [4.69, 9.17) is 9.47 Å². The van der Waals surface area contributed by atoms with Crippen LogP contribution < -0.4 is 20.1 Å². The van der Waals surface area contributed by atoms with Crippen molar-refractivity contribution in [3.8, 4) is 11.5 Å². The van der Waals surface area contributed by atoms with Gasteiger partial charge >= 0.3 is 0 Å². The summed E-state index contributed by atoms with van der Waals surface area (Å²) in [6.45, 7) is 3.27. The van der Waals surface area contributed by atoms with Gasteiger partial charge in [-0.15, -0.1) is 0 Å². The first-order chi connectivity index (χ1) is 15.1. The molecule has 0 aromatic heterocycles. The number of ether oxygens (including phenoxy) is 2. The lowest BCUT2D eigenvalue weighted by Crippen LogP contribution is -2.44. The Morgan fingerprint density at radius 2 is 1.71 bits per heavy atom. The topological polar surface area (TPSA) is 92.3 Å². The number of amides is 2. The summed E-state index contributed by atoms with van der Waals surface area (Å²) in [6, 6.07) is 12.4. The molecule has 2 N–H and O–H groups in total. The van der Waals surface area contributed by atoms with Gasteiger partial charge in [-0.3, -0.25) is 14.6 Å². The van der Waals surface area contributed by atoms with Gasteiger partial charge in [-0.2, -0.15) is 5.10 Å². The Hall–Kier alpha value is -3.55. The Labute approximate surface area is 181 Å². The number of hydrazone groups is 1. The van der Waals surface area contributed by atoms with Gasteiger partial charge in [-0.1, -0.05) is 0 Å². The maximum Gasteiger partial charge on any atom is 0.248 e. The van der Waals surface area contributed by atoms with E-state index < -0.39 is 0 Å². The summed E-state index contributed by atoms with van der Waals surface area (Å²) >= 11 is 0. The van der Waals surface area contributed by atoms with Crippen molar-refractivity contribution in [1.29, 1.82) is 0 Å². The first-order valence-corrected chi connectivity index (χ1v) is 10.5. The second-order valence-electron chi connectivity index (χ2n) is 7.57. The third kappa shape index (κ3) is 5.33. The Balaban J connectivity index is 1.41. The van der Waals surface area contributed by atoms with Crippen LogP contribution >= 0.6 is 0 Å². The van der Waals surface area contributed by atoms with Crippen molar-refractivity contribution in [3.63, 3.8) is 0 Å². The highest BCUT2D eigenvalue weighted by molar-refractivity contribution is 5.95. The molecule has 2 aliphatic rings. The summed E-state index contributed by atoms with van der Waals surface area (Å²) in [4.78, 5) is 24.1. The number of anilines is 2. The van der Waals surface area contributed by atoms with Crippen molar-refractivity contribution >= 4 is 29.4 Å². The summed E-state index contributed by atoms with van der Waals surface area (Å²) < 4.78 is 11.2. The van der Waals surface area contributed by atoms with E-state index in [1.165, 1.54) is 6.92 Å². The smallest absolute Gasteiger partial charge is 0.248 e. The summed E-state index contributed by atoms with van der Waals surface area (Å²) in [7, 11) is 0. The van der Waals surface area contributed by atoms with Crippen molar-refractivity contribution < 1.29 is 19.1 Å². The van der Waals surface area contributed by atoms with Gasteiger partial charge < -0.3 is 20.1 Å². The molecule has 1 saturated heterocycles. The zero-order valence-electron chi connectivity index (χ0n) is 17.5. The fraction of sp³-hybridized carbons (Fsp3) is 0.348. The quantitative estimate of drug-likeness (QED) is 0.722. The van der Waals surface area contributed by atoms with Crippen molar-refractivity contribution in [2.75, 3.05) is 30.4 Å². The summed E-state index contributed by atoms with van der Waals surface area (Å²) in [5.74, 6) is 1.23. The van der Waals surface area contributed by atoms with E-state index in [1.807, 2.05) is 23.2 Å². The molecule has 2 aromatic carbocycles. The van der Waals surface area contributed by atoms with Crippen LogP contribution in [0.2, 0.25) is 0 Å². The third-order valence-corrected chi connectivity index (χ3v) is 5.17. The number of fused-ring (bicyclic) bond motifs is 1. The lowest BCUT2D eigenvalue weighted by atomic mass is 10.0. The monoisotopic (exact) mass is 422 g/mol. The molecule has 162 valence electrons. The predicted octanol–water partition coefficient (Wildman–Crippen LogP) is 3.24. The first kappa shape index (κ1) is 20.7. The summed E-state index contributed by atoms with van der Waals surface area (Å²) in [5.41, 5.74) is 2.26. The molecule has 8 nitrogen and oxygen atoms in total. The SMILES string of the molecule is CC(=O)Nc1ccc(NC(=O)C2CCCCN2/N=C/c2ccc3c(c2)OCCO3)cc1. The molecule has 2 heterocycles. The first-order valence-electron chi connectivity index (χ1n) is 10.5. The Morgan fingerprint density at radius 3 is 2.45 bits per heavy atom. The normalized spacial score (nSPS) is 18.0. The highest BCUT2D eigenvalue weighted by atomic mass is 16.6. The average molecular weight is 422 g/mol. The molecular weight excluding hydrogens is 396 g/mol. The number of nitrogens with zero attached hydrogens (tertiary/aromatic N) is 2. The molecule has 2 aromatic rings. The lowest BCUT2D eigenvalue weighted by molar-refractivity contribution is -0.122. The second-order valence-corrected chi connectivity index (χ2v) is 7.57. The van der Waals surface area contributed by atoms with E-state index in [1.54, 1.807) is 30.5 Å². The minimum atomic E-state index is -0.336. The molecule has 0 radical (unpaired) electrons. The molecular formula is C23H26N4O4. The molecule has 31 heavy (non-hydrogen) atoms. The molecule has 0 bridgehead atoms. The van der Waals surface area contributed by atoms with Gasteiger partial charge in [0.25, 0.3) is 0 Å².